The molecule has 0 aromatic heterocycles. The minimum Gasteiger partial charge on any atom is -0.462 e. The summed E-state index contributed by atoms with van der Waals surface area (Å²) in [7, 11) is 0. The van der Waals surface area contributed by atoms with Gasteiger partial charge in [-0.15, -0.1) is 0 Å². The van der Waals surface area contributed by atoms with Crippen molar-refractivity contribution in [2.75, 3.05) is 12.3 Å². The first-order valence-electron chi connectivity index (χ1n) is 3.98. The van der Waals surface area contributed by atoms with Crippen LogP contribution in [0.1, 0.15) is 17.3 Å². The first-order valence-corrected chi connectivity index (χ1v) is 5.85. The van der Waals surface area contributed by atoms with Gasteiger partial charge < -0.3 is 10.5 Å². The van der Waals surface area contributed by atoms with Gasteiger partial charge in [0.2, 0.25) is 0 Å². The van der Waals surface area contributed by atoms with Crippen LogP contribution < -0.4 is 5.73 Å². The van der Waals surface area contributed by atoms with Gasteiger partial charge in [0.15, 0.2) is 0 Å². The van der Waals surface area contributed by atoms with Gasteiger partial charge in [0, 0.05) is 8.04 Å². The Morgan fingerprint density at radius 3 is 2.86 bits per heavy atom. The Bertz CT molecular complexity index is 368. The van der Waals surface area contributed by atoms with Crippen LogP contribution in [0.5, 0.6) is 0 Å². The molecule has 1 aromatic carbocycles. The predicted octanol–water partition coefficient (Wildman–Crippen LogP) is 2.81. The van der Waals surface area contributed by atoms with Crippen LogP contribution >= 0.6 is 38.5 Å². The van der Waals surface area contributed by atoms with Crippen molar-refractivity contribution < 1.29 is 9.53 Å². The van der Waals surface area contributed by atoms with E-state index >= 15 is 0 Å². The van der Waals surface area contributed by atoms with E-state index in [9.17, 15) is 4.79 Å². The van der Waals surface area contributed by atoms with E-state index in [0.717, 1.165) is 3.57 Å². The van der Waals surface area contributed by atoms with Crippen LogP contribution in [0.3, 0.4) is 0 Å². The third kappa shape index (κ3) is 2.38. The zero-order valence-electron chi connectivity index (χ0n) is 7.51. The largest absolute Gasteiger partial charge is 0.462 e. The van der Waals surface area contributed by atoms with Crippen molar-refractivity contribution in [3.05, 3.63) is 25.7 Å². The fraction of sp³-hybridized carbons (Fsp3) is 0.222. The molecule has 14 heavy (non-hydrogen) atoms. The second-order valence-corrected chi connectivity index (χ2v) is 4.55. The van der Waals surface area contributed by atoms with Crippen LogP contribution in [0, 0.1) is 3.57 Å². The lowest BCUT2D eigenvalue weighted by Crippen LogP contribution is -2.10. The van der Waals surface area contributed by atoms with Crippen molar-refractivity contribution >= 4 is 50.2 Å². The number of benzene rings is 1. The molecule has 0 fully saturated rings. The van der Waals surface area contributed by atoms with Crippen LogP contribution in [-0.4, -0.2) is 12.6 Å². The van der Waals surface area contributed by atoms with Crippen molar-refractivity contribution in [3.8, 4) is 0 Å². The number of ether oxygens (including phenoxy) is 1. The standard InChI is InChI=1S/C9H9BrINO2/c1-2-14-9(13)7-6(11)4-3-5(10)8(7)12/h3-4H,2,12H2,1H3. The average Bonchev–Trinajstić information content (AvgIpc) is 2.13. The molecule has 0 aliphatic carbocycles. The van der Waals surface area contributed by atoms with Crippen LogP contribution in [0.15, 0.2) is 16.6 Å². The first-order chi connectivity index (χ1) is 6.57. The molecule has 0 saturated heterocycles. The molecule has 0 radical (unpaired) electrons. The molecule has 1 aromatic rings. The number of hydrogen-bond donors (Lipinski definition) is 1. The first kappa shape index (κ1) is 11.8. The average molecular weight is 370 g/mol. The lowest BCUT2D eigenvalue weighted by molar-refractivity contribution is 0.0526. The minimum absolute atomic E-state index is 0.348. The number of halogens is 2. The molecule has 0 spiro atoms. The van der Waals surface area contributed by atoms with Gasteiger partial charge in [0.25, 0.3) is 0 Å². The fourth-order valence-corrected chi connectivity index (χ4v) is 2.00. The molecule has 5 heteroatoms. The molecule has 0 unspecified atom stereocenters. The number of nitrogen functional groups attached to an aromatic ring is 1. The third-order valence-electron chi connectivity index (χ3n) is 1.62. The fourth-order valence-electron chi connectivity index (χ4n) is 0.978. The smallest absolute Gasteiger partial charge is 0.341 e. The topological polar surface area (TPSA) is 52.3 Å². The summed E-state index contributed by atoms with van der Waals surface area (Å²) >= 11 is 5.32. The number of hydrogen-bond acceptors (Lipinski definition) is 3. The quantitative estimate of drug-likeness (QED) is 0.495. The minimum atomic E-state index is -0.379. The third-order valence-corrected chi connectivity index (χ3v) is 3.21. The Labute approximate surface area is 104 Å². The summed E-state index contributed by atoms with van der Waals surface area (Å²) in [6.07, 6.45) is 0. The molecule has 76 valence electrons. The van der Waals surface area contributed by atoms with Crippen molar-refractivity contribution in [3.63, 3.8) is 0 Å². The predicted molar refractivity (Wildman–Crippen MR) is 67.2 cm³/mol. The van der Waals surface area contributed by atoms with Crippen molar-refractivity contribution in [1.29, 1.82) is 0 Å². The second-order valence-electron chi connectivity index (χ2n) is 2.54. The summed E-state index contributed by atoms with van der Waals surface area (Å²) in [5, 5.41) is 0. The molecular formula is C9H9BrINO2. The summed E-state index contributed by atoms with van der Waals surface area (Å²) in [6, 6.07) is 3.62. The van der Waals surface area contributed by atoms with E-state index in [2.05, 4.69) is 38.5 Å². The maximum atomic E-state index is 11.5. The number of carbonyl (C=O) groups excluding carboxylic acids is 1. The van der Waals surface area contributed by atoms with Gasteiger partial charge in [0.1, 0.15) is 0 Å². The van der Waals surface area contributed by atoms with Gasteiger partial charge in [-0.25, -0.2) is 4.79 Å². The molecule has 1 rings (SSSR count). The van der Waals surface area contributed by atoms with Crippen molar-refractivity contribution in [2.24, 2.45) is 0 Å². The highest BCUT2D eigenvalue weighted by Gasteiger charge is 2.16. The lowest BCUT2D eigenvalue weighted by Gasteiger charge is -2.08. The Morgan fingerprint density at radius 1 is 1.64 bits per heavy atom. The maximum absolute atomic E-state index is 11.5. The van der Waals surface area contributed by atoms with Gasteiger partial charge in [-0.1, -0.05) is 0 Å². The lowest BCUT2D eigenvalue weighted by atomic mass is 10.2. The number of rotatable bonds is 2. The maximum Gasteiger partial charge on any atom is 0.341 e. The van der Waals surface area contributed by atoms with Crippen LogP contribution in [0.2, 0.25) is 0 Å². The highest BCUT2D eigenvalue weighted by molar-refractivity contribution is 14.1. The van der Waals surface area contributed by atoms with Gasteiger partial charge >= 0.3 is 5.97 Å². The summed E-state index contributed by atoms with van der Waals surface area (Å²) in [5.74, 6) is -0.379. The van der Waals surface area contributed by atoms with E-state index in [-0.39, 0.29) is 5.97 Å². The number of esters is 1. The van der Waals surface area contributed by atoms with Gasteiger partial charge in [-0.2, -0.15) is 0 Å². The molecule has 3 nitrogen and oxygen atoms in total. The molecule has 0 heterocycles. The zero-order valence-corrected chi connectivity index (χ0v) is 11.3. The monoisotopic (exact) mass is 369 g/mol. The highest BCUT2D eigenvalue weighted by Crippen LogP contribution is 2.28. The molecule has 2 N–H and O–H groups in total. The summed E-state index contributed by atoms with van der Waals surface area (Å²) < 4.78 is 6.40. The van der Waals surface area contributed by atoms with Gasteiger partial charge in [0.05, 0.1) is 17.9 Å². The van der Waals surface area contributed by atoms with E-state index < -0.39 is 0 Å². The van der Waals surface area contributed by atoms with E-state index in [4.69, 9.17) is 10.5 Å². The van der Waals surface area contributed by atoms with E-state index in [0.29, 0.717) is 22.3 Å². The second kappa shape index (κ2) is 4.97. The molecule has 0 aliphatic rings. The SMILES string of the molecule is CCOC(=O)c1c(I)ccc(Br)c1N. The summed E-state index contributed by atoms with van der Waals surface area (Å²) in [4.78, 5) is 11.5. The molecular weight excluding hydrogens is 361 g/mol. The highest BCUT2D eigenvalue weighted by atomic mass is 127. The number of carbonyl (C=O) groups is 1. The van der Waals surface area contributed by atoms with E-state index in [1.54, 1.807) is 13.0 Å². The Kier molecular flexibility index (Phi) is 4.18. The van der Waals surface area contributed by atoms with Crippen LogP contribution in [-0.2, 0) is 4.74 Å². The Balaban J connectivity index is 3.18. The Morgan fingerprint density at radius 2 is 2.29 bits per heavy atom. The molecule has 0 atom stereocenters. The molecule has 0 saturated carbocycles. The molecule has 0 bridgehead atoms. The number of nitrogens with two attached hydrogens (primary N) is 1. The van der Waals surface area contributed by atoms with E-state index in [1.807, 2.05) is 6.07 Å². The summed E-state index contributed by atoms with van der Waals surface area (Å²) in [5.41, 5.74) is 6.62. The Hall–Kier alpha value is -0.300. The normalized spacial score (nSPS) is 9.93. The molecule has 0 aliphatic heterocycles. The summed E-state index contributed by atoms with van der Waals surface area (Å²) in [6.45, 7) is 2.11. The van der Waals surface area contributed by atoms with E-state index in [1.165, 1.54) is 0 Å². The van der Waals surface area contributed by atoms with Crippen LogP contribution in [0.25, 0.3) is 0 Å². The van der Waals surface area contributed by atoms with Gasteiger partial charge in [-0.3, -0.25) is 0 Å². The zero-order chi connectivity index (χ0) is 10.7. The van der Waals surface area contributed by atoms with Gasteiger partial charge in [-0.05, 0) is 57.6 Å². The number of anilines is 1. The van der Waals surface area contributed by atoms with Crippen LogP contribution in [0.4, 0.5) is 5.69 Å². The van der Waals surface area contributed by atoms with Crippen molar-refractivity contribution in [2.45, 2.75) is 6.92 Å². The molecule has 0 amide bonds. The van der Waals surface area contributed by atoms with Crippen molar-refractivity contribution in [1.82, 2.24) is 0 Å².